The number of nitrogens with zero attached hydrogens (tertiary/aromatic N) is 1. The van der Waals surface area contributed by atoms with Gasteiger partial charge in [-0.05, 0) is 49.5 Å². The van der Waals surface area contributed by atoms with Gasteiger partial charge in [-0.2, -0.15) is 0 Å². The second-order valence-corrected chi connectivity index (χ2v) is 5.60. The molecule has 1 aliphatic rings. The van der Waals surface area contributed by atoms with E-state index in [1.54, 1.807) is 12.1 Å². The van der Waals surface area contributed by atoms with Gasteiger partial charge in [-0.3, -0.25) is 4.90 Å². The highest BCUT2D eigenvalue weighted by atomic mass is 19.4. The fraction of sp³-hybridized carbons (Fsp3) is 0.533. The lowest BCUT2D eigenvalue weighted by molar-refractivity contribution is -0.274. The van der Waals surface area contributed by atoms with Gasteiger partial charge in [-0.25, -0.2) is 4.79 Å². The zero-order chi connectivity index (χ0) is 16.9. The first-order valence-corrected chi connectivity index (χ1v) is 7.35. The number of carboxylic acid groups (broad SMARTS) is 1. The molecule has 0 aliphatic carbocycles. The predicted octanol–water partition coefficient (Wildman–Crippen LogP) is 3.06. The summed E-state index contributed by atoms with van der Waals surface area (Å²) in [7, 11) is 0. The summed E-state index contributed by atoms with van der Waals surface area (Å²) in [6.45, 7) is 2.57. The molecule has 0 bridgehead atoms. The van der Waals surface area contributed by atoms with Crippen LogP contribution in [-0.2, 0) is 6.54 Å². The maximum Gasteiger partial charge on any atom is 0.573 e. The van der Waals surface area contributed by atoms with Gasteiger partial charge in [0.05, 0.1) is 0 Å². The van der Waals surface area contributed by atoms with Crippen LogP contribution in [0.2, 0.25) is 0 Å². The van der Waals surface area contributed by atoms with Gasteiger partial charge in [0.1, 0.15) is 5.75 Å². The molecule has 2 rings (SSSR count). The Bertz CT molecular complexity index is 529. The number of ether oxygens (including phenoxy) is 1. The molecule has 1 amide bonds. The third kappa shape index (κ3) is 6.35. The van der Waals surface area contributed by atoms with Crippen molar-refractivity contribution in [2.24, 2.45) is 5.92 Å². The number of piperidine rings is 1. The molecule has 23 heavy (non-hydrogen) atoms. The van der Waals surface area contributed by atoms with Gasteiger partial charge in [-0.15, -0.1) is 13.2 Å². The second-order valence-electron chi connectivity index (χ2n) is 5.60. The summed E-state index contributed by atoms with van der Waals surface area (Å²) in [6.07, 6.45) is -3.99. The molecule has 2 N–H and O–H groups in total. The van der Waals surface area contributed by atoms with Crippen LogP contribution in [0.1, 0.15) is 18.4 Å². The summed E-state index contributed by atoms with van der Waals surface area (Å²) in [5.74, 6) is 0.0952. The van der Waals surface area contributed by atoms with Crippen molar-refractivity contribution in [2.45, 2.75) is 25.7 Å². The van der Waals surface area contributed by atoms with Crippen LogP contribution in [0.3, 0.4) is 0 Å². The van der Waals surface area contributed by atoms with Crippen molar-refractivity contribution in [3.8, 4) is 5.75 Å². The standard InChI is InChI=1S/C15H19F3N2O3/c16-15(17,18)23-13-3-1-2-12(8-13)10-20-6-4-11(5-7-20)9-19-14(21)22/h1-3,8,11,19H,4-7,9-10H2,(H,21,22). The highest BCUT2D eigenvalue weighted by molar-refractivity contribution is 5.64. The number of alkyl halides is 3. The van der Waals surface area contributed by atoms with E-state index in [4.69, 9.17) is 5.11 Å². The molecule has 0 radical (unpaired) electrons. The predicted molar refractivity (Wildman–Crippen MR) is 77.2 cm³/mol. The van der Waals surface area contributed by atoms with Gasteiger partial charge in [0, 0.05) is 13.1 Å². The van der Waals surface area contributed by atoms with Gasteiger partial charge < -0.3 is 15.2 Å². The van der Waals surface area contributed by atoms with Crippen LogP contribution < -0.4 is 10.1 Å². The minimum atomic E-state index is -4.69. The Balaban J connectivity index is 1.82. The fourth-order valence-electron chi connectivity index (χ4n) is 2.68. The van der Waals surface area contributed by atoms with Crippen LogP contribution in [0.15, 0.2) is 24.3 Å². The van der Waals surface area contributed by atoms with Crippen molar-refractivity contribution in [1.29, 1.82) is 0 Å². The molecule has 0 unspecified atom stereocenters. The topological polar surface area (TPSA) is 61.8 Å². The number of rotatable bonds is 5. The van der Waals surface area contributed by atoms with Crippen molar-refractivity contribution >= 4 is 6.09 Å². The number of carbonyl (C=O) groups is 1. The van der Waals surface area contributed by atoms with E-state index in [1.165, 1.54) is 12.1 Å². The van der Waals surface area contributed by atoms with Crippen LogP contribution in [0.25, 0.3) is 0 Å². The lowest BCUT2D eigenvalue weighted by atomic mass is 9.96. The fourth-order valence-corrected chi connectivity index (χ4v) is 2.68. The van der Waals surface area contributed by atoms with E-state index in [0.29, 0.717) is 19.0 Å². The van der Waals surface area contributed by atoms with Crippen molar-refractivity contribution < 1.29 is 27.8 Å². The summed E-state index contributed by atoms with van der Waals surface area (Å²) in [5, 5.41) is 11.0. The largest absolute Gasteiger partial charge is 0.573 e. The van der Waals surface area contributed by atoms with E-state index in [2.05, 4.69) is 15.0 Å². The van der Waals surface area contributed by atoms with Crippen LogP contribution in [0, 0.1) is 5.92 Å². The summed E-state index contributed by atoms with van der Waals surface area (Å²) >= 11 is 0. The maximum absolute atomic E-state index is 12.2. The van der Waals surface area contributed by atoms with Crippen molar-refractivity contribution in [3.63, 3.8) is 0 Å². The maximum atomic E-state index is 12.2. The number of hydrogen-bond acceptors (Lipinski definition) is 3. The van der Waals surface area contributed by atoms with Crippen LogP contribution in [0.5, 0.6) is 5.75 Å². The number of amides is 1. The second kappa shape index (κ2) is 7.54. The molecule has 1 aliphatic heterocycles. The Morgan fingerprint density at radius 1 is 1.35 bits per heavy atom. The van der Waals surface area contributed by atoms with Gasteiger partial charge in [0.25, 0.3) is 0 Å². The minimum Gasteiger partial charge on any atom is -0.465 e. The first-order valence-electron chi connectivity index (χ1n) is 7.35. The molecule has 1 fully saturated rings. The first-order chi connectivity index (χ1) is 10.8. The van der Waals surface area contributed by atoms with Gasteiger partial charge >= 0.3 is 12.5 Å². The summed E-state index contributed by atoms with van der Waals surface area (Å²) in [5.41, 5.74) is 0.758. The molecule has 8 heteroatoms. The summed E-state index contributed by atoms with van der Waals surface area (Å²) < 4.78 is 40.6. The monoisotopic (exact) mass is 332 g/mol. The molecule has 0 spiro atoms. The van der Waals surface area contributed by atoms with Crippen molar-refractivity contribution in [2.75, 3.05) is 19.6 Å². The van der Waals surface area contributed by atoms with E-state index in [0.717, 1.165) is 31.5 Å². The van der Waals surface area contributed by atoms with Crippen LogP contribution in [-0.4, -0.2) is 42.1 Å². The van der Waals surface area contributed by atoms with E-state index < -0.39 is 12.5 Å². The lowest BCUT2D eigenvalue weighted by Gasteiger charge is -2.31. The number of halogens is 3. The molecular formula is C15H19F3N2O3. The third-order valence-corrected chi connectivity index (χ3v) is 3.79. The molecule has 0 atom stereocenters. The minimum absolute atomic E-state index is 0.212. The van der Waals surface area contributed by atoms with E-state index in [-0.39, 0.29) is 5.75 Å². The highest BCUT2D eigenvalue weighted by Crippen LogP contribution is 2.24. The Morgan fingerprint density at radius 2 is 2.04 bits per heavy atom. The third-order valence-electron chi connectivity index (χ3n) is 3.79. The van der Waals surface area contributed by atoms with Crippen molar-refractivity contribution in [1.82, 2.24) is 10.2 Å². The smallest absolute Gasteiger partial charge is 0.465 e. The van der Waals surface area contributed by atoms with Crippen LogP contribution >= 0.6 is 0 Å². The lowest BCUT2D eigenvalue weighted by Crippen LogP contribution is -2.38. The number of benzene rings is 1. The normalized spacial score (nSPS) is 17.0. The molecule has 0 saturated carbocycles. The summed E-state index contributed by atoms with van der Waals surface area (Å²) in [6, 6.07) is 5.98. The highest BCUT2D eigenvalue weighted by Gasteiger charge is 2.31. The Morgan fingerprint density at radius 3 is 2.65 bits per heavy atom. The molecule has 1 aromatic rings. The van der Waals surface area contributed by atoms with Crippen molar-refractivity contribution in [3.05, 3.63) is 29.8 Å². The molecule has 0 aromatic heterocycles. The Hall–Kier alpha value is -1.96. The van der Waals surface area contributed by atoms with Gasteiger partial charge in [0.2, 0.25) is 0 Å². The number of likely N-dealkylation sites (tertiary alicyclic amines) is 1. The molecule has 5 nitrogen and oxygen atoms in total. The van der Waals surface area contributed by atoms with Gasteiger partial charge in [-0.1, -0.05) is 12.1 Å². The van der Waals surface area contributed by atoms with Crippen LogP contribution in [0.4, 0.5) is 18.0 Å². The molecule has 128 valence electrons. The zero-order valence-electron chi connectivity index (χ0n) is 12.5. The van der Waals surface area contributed by atoms with E-state index in [9.17, 15) is 18.0 Å². The SMILES string of the molecule is O=C(O)NCC1CCN(Cc2cccc(OC(F)(F)F)c2)CC1. The summed E-state index contributed by atoms with van der Waals surface area (Å²) in [4.78, 5) is 12.6. The molecule has 1 saturated heterocycles. The Kier molecular flexibility index (Phi) is 5.70. The van der Waals surface area contributed by atoms with E-state index in [1.807, 2.05) is 0 Å². The quantitative estimate of drug-likeness (QED) is 0.870. The molecular weight excluding hydrogens is 313 g/mol. The first kappa shape index (κ1) is 17.4. The molecule has 1 aromatic carbocycles. The van der Waals surface area contributed by atoms with Gasteiger partial charge in [0.15, 0.2) is 0 Å². The Labute approximate surface area is 132 Å². The number of nitrogens with one attached hydrogen (secondary N) is 1. The average Bonchev–Trinajstić information content (AvgIpc) is 2.45. The molecule has 1 heterocycles. The van der Waals surface area contributed by atoms with E-state index >= 15 is 0 Å². The number of hydrogen-bond donors (Lipinski definition) is 2. The average molecular weight is 332 g/mol. The zero-order valence-corrected chi connectivity index (χ0v) is 12.5.